The lowest BCUT2D eigenvalue weighted by molar-refractivity contribution is 1.47. The van der Waals surface area contributed by atoms with E-state index in [4.69, 9.17) is 0 Å². The van der Waals surface area contributed by atoms with Crippen LogP contribution in [0.2, 0.25) is 0 Å². The third kappa shape index (κ3) is 28.2. The molecule has 0 aromatic heterocycles. The molecule has 0 spiro atoms. The van der Waals surface area contributed by atoms with Crippen LogP contribution in [0.25, 0.3) is 32.7 Å². The SMILES string of the molecule is C.CC.CC.CC.CC.CC.CC.CC.Cc1ccc(-c2ccccc2)cc1.Cc1ccc2ccccc2c1.Cc1cccc2ccccc12.Cc1ccccc1. The summed E-state index contributed by atoms with van der Waals surface area (Å²) < 4.78 is 0. The fraction of sp³-hybridized carbons (Fsp3) is 0.333. The van der Waals surface area contributed by atoms with E-state index < -0.39 is 0 Å². The van der Waals surface area contributed by atoms with E-state index in [2.05, 4.69) is 173 Å². The van der Waals surface area contributed by atoms with E-state index in [1.54, 1.807) is 0 Å². The number of rotatable bonds is 1. The molecule has 0 saturated carbocycles. The van der Waals surface area contributed by atoms with Gasteiger partial charge in [-0.15, -0.1) is 0 Å². The van der Waals surface area contributed by atoms with Gasteiger partial charge in [0.1, 0.15) is 0 Å². The highest BCUT2D eigenvalue weighted by atomic mass is 14.0. The molecule has 0 heteroatoms. The van der Waals surface area contributed by atoms with Gasteiger partial charge < -0.3 is 0 Å². The van der Waals surface area contributed by atoms with Crippen LogP contribution in [-0.2, 0) is 0 Å². The van der Waals surface area contributed by atoms with Gasteiger partial charge in [-0.25, -0.2) is 0 Å². The maximum Gasteiger partial charge on any atom is -0.0155 e. The van der Waals surface area contributed by atoms with E-state index in [0.29, 0.717) is 0 Å². The first-order valence-electron chi connectivity index (χ1n) is 21.5. The van der Waals surface area contributed by atoms with Crippen LogP contribution in [0.1, 0.15) is 127 Å². The summed E-state index contributed by atoms with van der Waals surface area (Å²) in [7, 11) is 0. The molecule has 57 heavy (non-hydrogen) atoms. The molecule has 0 heterocycles. The summed E-state index contributed by atoms with van der Waals surface area (Å²) in [6.45, 7) is 36.4. The molecule has 0 aliphatic heterocycles. The summed E-state index contributed by atoms with van der Waals surface area (Å²) in [5.74, 6) is 0. The Balaban J connectivity index is -0.000000192. The third-order valence-corrected chi connectivity index (χ3v) is 7.01. The molecular formula is C57H86. The Labute approximate surface area is 355 Å². The topological polar surface area (TPSA) is 0 Å². The highest BCUT2D eigenvalue weighted by Crippen LogP contribution is 2.19. The van der Waals surface area contributed by atoms with Crippen LogP contribution in [0.5, 0.6) is 0 Å². The fourth-order valence-electron chi connectivity index (χ4n) is 4.61. The molecule has 0 aliphatic rings. The van der Waals surface area contributed by atoms with E-state index >= 15 is 0 Å². The smallest absolute Gasteiger partial charge is 0.0155 e. The molecule has 0 aliphatic carbocycles. The van der Waals surface area contributed by atoms with Gasteiger partial charge in [-0.3, -0.25) is 0 Å². The molecule has 0 unspecified atom stereocenters. The summed E-state index contributed by atoms with van der Waals surface area (Å²) in [5, 5.41) is 5.33. The fourth-order valence-corrected chi connectivity index (χ4v) is 4.61. The maximum atomic E-state index is 2.20. The summed E-state index contributed by atoms with van der Waals surface area (Å²) in [6.07, 6.45) is 0. The lowest BCUT2D eigenvalue weighted by atomic mass is 10.0. The highest BCUT2D eigenvalue weighted by molar-refractivity contribution is 5.85. The quantitative estimate of drug-likeness (QED) is 0.156. The molecule has 0 amide bonds. The van der Waals surface area contributed by atoms with Crippen molar-refractivity contribution in [2.75, 3.05) is 0 Å². The van der Waals surface area contributed by atoms with Crippen LogP contribution in [0.4, 0.5) is 0 Å². The van der Waals surface area contributed by atoms with Crippen LogP contribution in [0.3, 0.4) is 0 Å². The molecular weight excluding hydrogens is 685 g/mol. The molecule has 0 fully saturated rings. The number of fused-ring (bicyclic) bond motifs is 2. The van der Waals surface area contributed by atoms with Gasteiger partial charge in [-0.2, -0.15) is 0 Å². The lowest BCUT2D eigenvalue weighted by Gasteiger charge is -2.00. The molecule has 0 nitrogen and oxygen atoms in total. The largest absolute Gasteiger partial charge is 0.0776 e. The van der Waals surface area contributed by atoms with Crippen LogP contribution in [0, 0.1) is 27.7 Å². The third-order valence-electron chi connectivity index (χ3n) is 7.01. The van der Waals surface area contributed by atoms with Gasteiger partial charge in [-0.05, 0) is 65.9 Å². The van der Waals surface area contributed by atoms with Crippen molar-refractivity contribution in [3.8, 4) is 11.1 Å². The van der Waals surface area contributed by atoms with Crippen molar-refractivity contribution in [3.05, 3.63) is 192 Å². The second kappa shape index (κ2) is 45.4. The predicted octanol–water partition coefficient (Wildman–Crippen LogP) is 19.8. The van der Waals surface area contributed by atoms with Gasteiger partial charge in [0.15, 0.2) is 0 Å². The summed E-state index contributed by atoms with van der Waals surface area (Å²) in [5.41, 5.74) is 7.86. The number of benzene rings is 7. The minimum atomic E-state index is 0. The van der Waals surface area contributed by atoms with E-state index in [-0.39, 0.29) is 7.43 Å². The lowest BCUT2D eigenvalue weighted by Crippen LogP contribution is -1.76. The highest BCUT2D eigenvalue weighted by Gasteiger charge is 1.94. The Morgan fingerprint density at radius 2 is 0.596 bits per heavy atom. The molecule has 7 aromatic rings. The number of aryl methyl sites for hydroxylation is 4. The first kappa shape index (κ1) is 61.3. The van der Waals surface area contributed by atoms with Gasteiger partial charge in [0.05, 0.1) is 0 Å². The van der Waals surface area contributed by atoms with Gasteiger partial charge in [0.2, 0.25) is 0 Å². The van der Waals surface area contributed by atoms with Crippen molar-refractivity contribution >= 4 is 21.5 Å². The number of hydrogen-bond acceptors (Lipinski definition) is 0. The molecule has 0 N–H and O–H groups in total. The Hall–Kier alpha value is -4.94. The van der Waals surface area contributed by atoms with E-state index in [1.165, 1.54) is 54.9 Å². The Morgan fingerprint density at radius 1 is 0.246 bits per heavy atom. The zero-order chi connectivity index (χ0) is 43.6. The average Bonchev–Trinajstić information content (AvgIpc) is 3.30. The monoisotopic (exact) mass is 771 g/mol. The van der Waals surface area contributed by atoms with Crippen molar-refractivity contribution < 1.29 is 0 Å². The maximum absolute atomic E-state index is 2.20. The number of hydrogen-bond donors (Lipinski definition) is 0. The molecule has 7 aromatic carbocycles. The zero-order valence-corrected chi connectivity index (χ0v) is 39.2. The Kier molecular flexibility index (Phi) is 48.9. The van der Waals surface area contributed by atoms with Gasteiger partial charge in [0, 0.05) is 0 Å². The zero-order valence-electron chi connectivity index (χ0n) is 39.2. The van der Waals surface area contributed by atoms with Crippen LogP contribution in [-0.4, -0.2) is 0 Å². The summed E-state index contributed by atoms with van der Waals surface area (Å²) in [6, 6.07) is 59.0. The first-order valence-corrected chi connectivity index (χ1v) is 21.5. The van der Waals surface area contributed by atoms with Crippen LogP contribution in [0.15, 0.2) is 170 Å². The standard InChI is InChI=1S/C13H12.2C11H10.C7H8.7C2H6.CH4/c1-11-7-9-13(10-8-11)12-5-3-2-4-6-12;1-9-5-4-7-10-6-2-3-8-11(9)10;1-9-6-7-10-4-2-3-5-11(10)8-9;1-7-5-3-2-4-6-7;7*1-2;/h2-10H,1H3;2*2-8H,1H3;2-6H,1H3;7*1-2H3;1H4. The normalized spacial score (nSPS) is 8.04. The minimum absolute atomic E-state index is 0. The van der Waals surface area contributed by atoms with Crippen LogP contribution >= 0.6 is 0 Å². The molecule has 0 atom stereocenters. The summed E-state index contributed by atoms with van der Waals surface area (Å²) >= 11 is 0. The van der Waals surface area contributed by atoms with Crippen molar-refractivity contribution in [3.63, 3.8) is 0 Å². The Morgan fingerprint density at radius 3 is 1.05 bits per heavy atom. The molecule has 314 valence electrons. The van der Waals surface area contributed by atoms with E-state index in [0.717, 1.165) is 0 Å². The van der Waals surface area contributed by atoms with E-state index in [1.807, 2.05) is 121 Å². The second-order valence-corrected chi connectivity index (χ2v) is 10.5. The first-order chi connectivity index (χ1) is 27.5. The molecule has 0 bridgehead atoms. The molecule has 0 saturated heterocycles. The van der Waals surface area contributed by atoms with Crippen LogP contribution < -0.4 is 0 Å². The average molecular weight is 771 g/mol. The minimum Gasteiger partial charge on any atom is -0.0776 e. The van der Waals surface area contributed by atoms with Gasteiger partial charge in [-0.1, -0.05) is 291 Å². The van der Waals surface area contributed by atoms with Gasteiger partial charge >= 0.3 is 0 Å². The predicted molar refractivity (Wildman–Crippen MR) is 271 cm³/mol. The van der Waals surface area contributed by atoms with Crippen molar-refractivity contribution in [2.45, 2.75) is 132 Å². The van der Waals surface area contributed by atoms with Crippen molar-refractivity contribution in [2.24, 2.45) is 0 Å². The van der Waals surface area contributed by atoms with E-state index in [9.17, 15) is 0 Å². The van der Waals surface area contributed by atoms with Gasteiger partial charge in [0.25, 0.3) is 0 Å². The molecule has 7 rings (SSSR count). The molecule has 0 radical (unpaired) electrons. The Bertz CT molecular complexity index is 1770. The van der Waals surface area contributed by atoms with Crippen molar-refractivity contribution in [1.82, 2.24) is 0 Å². The van der Waals surface area contributed by atoms with Crippen molar-refractivity contribution in [1.29, 1.82) is 0 Å². The second-order valence-electron chi connectivity index (χ2n) is 10.5. The summed E-state index contributed by atoms with van der Waals surface area (Å²) in [4.78, 5) is 0.